The van der Waals surface area contributed by atoms with Crippen LogP contribution >= 0.6 is 0 Å². The van der Waals surface area contributed by atoms with E-state index in [1.54, 1.807) is 20.8 Å². The van der Waals surface area contributed by atoms with E-state index in [2.05, 4.69) is 0 Å². The van der Waals surface area contributed by atoms with Crippen molar-refractivity contribution in [1.82, 2.24) is 4.90 Å². The fraction of sp³-hybridized carbons (Fsp3) is 0.818. The highest BCUT2D eigenvalue weighted by Crippen LogP contribution is 2.27. The van der Waals surface area contributed by atoms with Gasteiger partial charge in [0.25, 0.3) is 0 Å². The molecule has 2 amide bonds. The molecule has 4 nitrogen and oxygen atoms in total. The molecular formula is C11H19NO3. The van der Waals surface area contributed by atoms with Gasteiger partial charge in [0.2, 0.25) is 5.91 Å². The minimum atomic E-state index is -0.547. The van der Waals surface area contributed by atoms with Gasteiger partial charge in [-0.25, -0.2) is 9.69 Å². The molecule has 1 aliphatic heterocycles. The van der Waals surface area contributed by atoms with Crippen LogP contribution in [-0.2, 0) is 9.53 Å². The Kier molecular flexibility index (Phi) is 3.07. The lowest BCUT2D eigenvalue weighted by Crippen LogP contribution is -2.58. The van der Waals surface area contributed by atoms with Gasteiger partial charge >= 0.3 is 6.09 Å². The minimum Gasteiger partial charge on any atom is -0.443 e. The van der Waals surface area contributed by atoms with Gasteiger partial charge in [-0.1, -0.05) is 13.8 Å². The van der Waals surface area contributed by atoms with Crippen LogP contribution < -0.4 is 0 Å². The Hall–Kier alpha value is -1.06. The van der Waals surface area contributed by atoms with Gasteiger partial charge in [-0.15, -0.1) is 0 Å². The van der Waals surface area contributed by atoms with Crippen LogP contribution in [0.1, 0.15) is 41.0 Å². The van der Waals surface area contributed by atoms with Crippen LogP contribution in [0.2, 0.25) is 0 Å². The topological polar surface area (TPSA) is 46.6 Å². The minimum absolute atomic E-state index is 0.00681. The maximum absolute atomic E-state index is 11.6. The third-order valence-electron chi connectivity index (χ3n) is 2.34. The van der Waals surface area contributed by atoms with E-state index < -0.39 is 11.7 Å². The molecule has 0 N–H and O–H groups in total. The number of amides is 2. The Morgan fingerprint density at radius 3 is 2.33 bits per heavy atom. The first-order chi connectivity index (χ1) is 6.72. The average molecular weight is 213 g/mol. The summed E-state index contributed by atoms with van der Waals surface area (Å²) in [5, 5.41) is 0. The zero-order valence-corrected chi connectivity index (χ0v) is 10.0. The Labute approximate surface area is 90.6 Å². The number of ether oxygens (including phenoxy) is 1. The molecular weight excluding hydrogens is 194 g/mol. The van der Waals surface area contributed by atoms with Crippen molar-refractivity contribution >= 4 is 12.0 Å². The number of carbonyl (C=O) groups is 2. The third kappa shape index (κ3) is 2.70. The summed E-state index contributed by atoms with van der Waals surface area (Å²) in [4.78, 5) is 24.2. The van der Waals surface area contributed by atoms with Crippen LogP contribution in [0.15, 0.2) is 0 Å². The lowest BCUT2D eigenvalue weighted by atomic mass is 9.92. The number of rotatable bonds is 1. The smallest absolute Gasteiger partial charge is 0.417 e. The van der Waals surface area contributed by atoms with Gasteiger partial charge in [0, 0.05) is 6.42 Å². The third-order valence-corrected chi connectivity index (χ3v) is 2.34. The summed E-state index contributed by atoms with van der Waals surface area (Å²) in [6, 6.07) is 0.00681. The predicted molar refractivity (Wildman–Crippen MR) is 56.3 cm³/mol. The van der Waals surface area contributed by atoms with Crippen molar-refractivity contribution in [2.45, 2.75) is 52.7 Å². The monoisotopic (exact) mass is 213 g/mol. The molecule has 0 aliphatic carbocycles. The van der Waals surface area contributed by atoms with Gasteiger partial charge < -0.3 is 4.74 Å². The van der Waals surface area contributed by atoms with Crippen LogP contribution in [0, 0.1) is 5.92 Å². The summed E-state index contributed by atoms with van der Waals surface area (Å²) in [6.45, 7) is 9.36. The number of hydrogen-bond acceptors (Lipinski definition) is 3. The second-order valence-electron chi connectivity index (χ2n) is 5.26. The second kappa shape index (κ2) is 3.83. The van der Waals surface area contributed by atoms with E-state index in [1.165, 1.54) is 4.90 Å². The van der Waals surface area contributed by atoms with Crippen LogP contribution in [0.3, 0.4) is 0 Å². The molecule has 1 rings (SSSR count). The summed E-state index contributed by atoms with van der Waals surface area (Å²) < 4.78 is 5.16. The van der Waals surface area contributed by atoms with Crippen molar-refractivity contribution in [3.05, 3.63) is 0 Å². The fourth-order valence-electron chi connectivity index (χ4n) is 1.52. The second-order valence-corrected chi connectivity index (χ2v) is 5.26. The summed E-state index contributed by atoms with van der Waals surface area (Å²) in [5.41, 5.74) is -0.547. The summed E-state index contributed by atoms with van der Waals surface area (Å²) in [7, 11) is 0. The Morgan fingerprint density at radius 1 is 1.47 bits per heavy atom. The molecule has 1 heterocycles. The fourth-order valence-corrected chi connectivity index (χ4v) is 1.52. The molecule has 4 heteroatoms. The highest BCUT2D eigenvalue weighted by atomic mass is 16.6. The average Bonchev–Trinajstić information content (AvgIpc) is 1.94. The van der Waals surface area contributed by atoms with Crippen molar-refractivity contribution in [2.75, 3.05) is 0 Å². The van der Waals surface area contributed by atoms with Crippen molar-refractivity contribution in [3.8, 4) is 0 Å². The van der Waals surface area contributed by atoms with Gasteiger partial charge in [0.1, 0.15) is 5.60 Å². The highest BCUT2D eigenvalue weighted by molar-refractivity contribution is 5.97. The Balaban J connectivity index is 2.63. The molecule has 0 saturated carbocycles. The first kappa shape index (κ1) is 12.0. The molecule has 0 aromatic carbocycles. The maximum atomic E-state index is 11.6. The molecule has 86 valence electrons. The van der Waals surface area contributed by atoms with Crippen LogP contribution in [0.5, 0.6) is 0 Å². The van der Waals surface area contributed by atoms with Crippen LogP contribution in [-0.4, -0.2) is 28.5 Å². The molecule has 0 aromatic rings. The summed E-state index contributed by atoms with van der Waals surface area (Å²) in [6.07, 6.45) is -0.0610. The van der Waals surface area contributed by atoms with Crippen molar-refractivity contribution in [3.63, 3.8) is 0 Å². The van der Waals surface area contributed by atoms with Gasteiger partial charge in [-0.2, -0.15) is 0 Å². The first-order valence-corrected chi connectivity index (χ1v) is 5.27. The summed E-state index contributed by atoms with van der Waals surface area (Å²) >= 11 is 0. The molecule has 1 atom stereocenters. The normalized spacial score (nSPS) is 21.6. The van der Waals surface area contributed by atoms with E-state index in [0.717, 1.165) is 0 Å². The van der Waals surface area contributed by atoms with Crippen molar-refractivity contribution in [2.24, 2.45) is 5.92 Å². The number of hydrogen-bond donors (Lipinski definition) is 0. The van der Waals surface area contributed by atoms with E-state index in [0.29, 0.717) is 6.42 Å². The molecule has 1 aliphatic rings. The van der Waals surface area contributed by atoms with E-state index in [9.17, 15) is 9.59 Å². The summed E-state index contributed by atoms with van der Waals surface area (Å²) in [5.74, 6) is 0.151. The molecule has 15 heavy (non-hydrogen) atoms. The molecule has 0 bridgehead atoms. The van der Waals surface area contributed by atoms with Crippen molar-refractivity contribution in [1.29, 1.82) is 0 Å². The molecule has 0 spiro atoms. The maximum Gasteiger partial charge on any atom is 0.417 e. The number of carbonyl (C=O) groups excluding carboxylic acids is 2. The van der Waals surface area contributed by atoms with E-state index in [1.807, 2.05) is 13.8 Å². The van der Waals surface area contributed by atoms with Gasteiger partial charge in [0.05, 0.1) is 6.04 Å². The highest BCUT2D eigenvalue weighted by Gasteiger charge is 2.44. The van der Waals surface area contributed by atoms with Crippen LogP contribution in [0.25, 0.3) is 0 Å². The molecule has 0 aromatic heterocycles. The lowest BCUT2D eigenvalue weighted by Gasteiger charge is -2.41. The number of likely N-dealkylation sites (tertiary alicyclic amines) is 1. The van der Waals surface area contributed by atoms with E-state index in [4.69, 9.17) is 4.74 Å². The van der Waals surface area contributed by atoms with Gasteiger partial charge in [-0.05, 0) is 26.7 Å². The number of β-lactam (4-membered cyclic amide) rings is 1. The van der Waals surface area contributed by atoms with Gasteiger partial charge in [-0.3, -0.25) is 4.79 Å². The van der Waals surface area contributed by atoms with Crippen molar-refractivity contribution < 1.29 is 14.3 Å². The Morgan fingerprint density at radius 2 is 2.00 bits per heavy atom. The number of nitrogens with zero attached hydrogens (tertiary/aromatic N) is 1. The molecule has 0 unspecified atom stereocenters. The predicted octanol–water partition coefficient (Wildman–Crippen LogP) is 2.18. The first-order valence-electron chi connectivity index (χ1n) is 5.27. The zero-order valence-electron chi connectivity index (χ0n) is 10.0. The largest absolute Gasteiger partial charge is 0.443 e. The standard InChI is InChI=1S/C11H19NO3/c1-7(2)8-6-9(13)12(8)10(14)15-11(3,4)5/h7-8H,6H2,1-5H3/t8-/m1/s1. The number of imide groups is 1. The lowest BCUT2D eigenvalue weighted by molar-refractivity contribution is -0.146. The SMILES string of the molecule is CC(C)[C@H]1CC(=O)N1C(=O)OC(C)(C)C. The van der Waals surface area contributed by atoms with Crippen LogP contribution in [0.4, 0.5) is 4.79 Å². The van der Waals surface area contributed by atoms with E-state index in [-0.39, 0.29) is 17.9 Å². The molecule has 1 saturated heterocycles. The Bertz CT molecular complexity index is 278. The molecule has 0 radical (unpaired) electrons. The zero-order chi connectivity index (χ0) is 11.8. The van der Waals surface area contributed by atoms with E-state index >= 15 is 0 Å². The molecule has 1 fully saturated rings. The van der Waals surface area contributed by atoms with Gasteiger partial charge in [0.15, 0.2) is 0 Å². The quantitative estimate of drug-likeness (QED) is 0.627.